The average molecular weight is 368 g/mol. The topological polar surface area (TPSA) is 98.4 Å². The smallest absolute Gasteiger partial charge is 0.276 e. The molecule has 1 aliphatic carbocycles. The minimum absolute atomic E-state index is 0.120. The Labute approximate surface area is 155 Å². The van der Waals surface area contributed by atoms with Crippen LogP contribution in [0.25, 0.3) is 11.5 Å². The van der Waals surface area contributed by atoms with E-state index in [1.807, 2.05) is 4.90 Å². The van der Waals surface area contributed by atoms with Crippen LogP contribution in [0.15, 0.2) is 37.9 Å². The molecule has 1 atom stereocenters. The minimum Gasteiger partial charge on any atom is -0.461 e. The van der Waals surface area contributed by atoms with Crippen molar-refractivity contribution in [3.05, 3.63) is 41.9 Å². The van der Waals surface area contributed by atoms with Gasteiger partial charge in [0.2, 0.25) is 11.7 Å². The van der Waals surface area contributed by atoms with E-state index in [1.54, 1.807) is 24.5 Å². The highest BCUT2D eigenvalue weighted by Crippen LogP contribution is 2.38. The van der Waals surface area contributed by atoms with Crippen molar-refractivity contribution in [3.63, 3.8) is 0 Å². The van der Waals surface area contributed by atoms with Crippen LogP contribution in [0.1, 0.15) is 53.8 Å². The number of amides is 1. The summed E-state index contributed by atoms with van der Waals surface area (Å²) in [6.07, 6.45) is 6.57. The number of furan rings is 1. The summed E-state index contributed by atoms with van der Waals surface area (Å²) in [6, 6.07) is 5.16. The fourth-order valence-electron chi connectivity index (χ4n) is 3.59. The maximum absolute atomic E-state index is 12.8. The van der Waals surface area contributed by atoms with Crippen LogP contribution in [0.4, 0.5) is 0 Å². The number of hydrogen-bond acceptors (Lipinski definition) is 7. The average Bonchev–Trinajstić information content (AvgIpc) is 3.11. The quantitative estimate of drug-likeness (QED) is 0.681. The van der Waals surface area contributed by atoms with E-state index in [9.17, 15) is 4.79 Å². The molecule has 1 saturated carbocycles. The van der Waals surface area contributed by atoms with Gasteiger partial charge in [-0.2, -0.15) is 4.98 Å². The van der Waals surface area contributed by atoms with Gasteiger partial charge in [-0.1, -0.05) is 10.3 Å². The molecule has 4 heterocycles. The Kier molecular flexibility index (Phi) is 4.03. The van der Waals surface area contributed by atoms with Crippen molar-refractivity contribution in [1.82, 2.24) is 20.2 Å². The van der Waals surface area contributed by atoms with Crippen LogP contribution >= 0.6 is 0 Å². The fourth-order valence-corrected chi connectivity index (χ4v) is 3.59. The van der Waals surface area contributed by atoms with Crippen LogP contribution in [0.5, 0.6) is 0 Å². The molecule has 1 aliphatic heterocycles. The molecule has 0 bridgehead atoms. The third kappa shape index (κ3) is 3.39. The second-order valence-electron chi connectivity index (χ2n) is 7.34. The Morgan fingerprint density at radius 3 is 2.93 bits per heavy atom. The number of carbonyl (C=O) groups excluding carboxylic acids is 1. The lowest BCUT2D eigenvalue weighted by molar-refractivity contribution is 0.0657. The molecule has 3 aromatic heterocycles. The predicted molar refractivity (Wildman–Crippen MR) is 92.8 cm³/mol. The predicted octanol–water partition coefficient (Wildman–Crippen LogP) is 3.29. The van der Waals surface area contributed by atoms with Crippen LogP contribution in [0.3, 0.4) is 0 Å². The molecule has 27 heavy (non-hydrogen) atoms. The van der Waals surface area contributed by atoms with Gasteiger partial charge >= 0.3 is 0 Å². The summed E-state index contributed by atoms with van der Waals surface area (Å²) in [6.45, 7) is 1.37. The number of nitrogens with zero attached hydrogens (tertiary/aromatic N) is 4. The Balaban J connectivity index is 1.24. The van der Waals surface area contributed by atoms with E-state index >= 15 is 0 Å². The molecule has 0 unspecified atom stereocenters. The molecule has 0 radical (unpaired) electrons. The normalized spacial score (nSPS) is 20.1. The SMILES string of the molecule is O=C(c1cc(-c2ccco2)on1)N1CCC[C@H](Cc2nc(C3CC3)no2)C1. The Morgan fingerprint density at radius 2 is 2.11 bits per heavy atom. The van der Waals surface area contributed by atoms with Crippen LogP contribution < -0.4 is 0 Å². The van der Waals surface area contributed by atoms with Crippen molar-refractivity contribution in [1.29, 1.82) is 0 Å². The molecule has 2 fully saturated rings. The van der Waals surface area contributed by atoms with Crippen LogP contribution in [-0.4, -0.2) is 39.2 Å². The van der Waals surface area contributed by atoms with Crippen molar-refractivity contribution in [2.24, 2.45) is 5.92 Å². The number of hydrogen-bond donors (Lipinski definition) is 0. The Hall–Kier alpha value is -2.90. The van der Waals surface area contributed by atoms with E-state index in [1.165, 1.54) is 0 Å². The summed E-state index contributed by atoms with van der Waals surface area (Å²) >= 11 is 0. The molecule has 5 rings (SSSR count). The standard InChI is InChI=1S/C19H20N4O4/c24-19(14-10-16(26-21-14)15-4-2-8-25-15)23-7-1-3-12(11-23)9-17-20-18(22-27-17)13-5-6-13/h2,4,8,10,12-13H,1,3,5-7,9,11H2/t12-/m1/s1. The van der Waals surface area contributed by atoms with E-state index < -0.39 is 0 Å². The molecule has 8 heteroatoms. The molecule has 1 amide bonds. The lowest BCUT2D eigenvalue weighted by Crippen LogP contribution is -2.40. The van der Waals surface area contributed by atoms with Gasteiger partial charge in [-0.3, -0.25) is 4.79 Å². The summed E-state index contributed by atoms with van der Waals surface area (Å²) in [5.41, 5.74) is 0.302. The zero-order valence-electron chi connectivity index (χ0n) is 14.8. The largest absolute Gasteiger partial charge is 0.461 e. The summed E-state index contributed by atoms with van der Waals surface area (Å²) < 4.78 is 15.9. The van der Waals surface area contributed by atoms with Crippen molar-refractivity contribution in [2.45, 2.75) is 38.0 Å². The molecule has 0 spiro atoms. The Bertz CT molecular complexity index is 925. The van der Waals surface area contributed by atoms with E-state index in [-0.39, 0.29) is 5.91 Å². The van der Waals surface area contributed by atoms with Crippen molar-refractivity contribution >= 4 is 5.91 Å². The van der Waals surface area contributed by atoms with E-state index in [0.29, 0.717) is 47.9 Å². The van der Waals surface area contributed by atoms with Crippen LogP contribution in [0, 0.1) is 5.92 Å². The number of piperidine rings is 1. The van der Waals surface area contributed by atoms with Gasteiger partial charge in [0.25, 0.3) is 5.91 Å². The third-order valence-electron chi connectivity index (χ3n) is 5.19. The van der Waals surface area contributed by atoms with E-state index in [0.717, 1.165) is 38.1 Å². The molecular weight excluding hydrogens is 348 g/mol. The van der Waals surface area contributed by atoms with Gasteiger partial charge in [-0.05, 0) is 43.7 Å². The highest BCUT2D eigenvalue weighted by Gasteiger charge is 2.31. The van der Waals surface area contributed by atoms with Gasteiger partial charge in [0.05, 0.1) is 6.26 Å². The van der Waals surface area contributed by atoms with Gasteiger partial charge < -0.3 is 18.4 Å². The third-order valence-corrected chi connectivity index (χ3v) is 5.19. The first-order valence-corrected chi connectivity index (χ1v) is 9.38. The first kappa shape index (κ1) is 16.3. The molecule has 3 aromatic rings. The van der Waals surface area contributed by atoms with Gasteiger partial charge in [0.1, 0.15) is 0 Å². The van der Waals surface area contributed by atoms with Crippen molar-refractivity contribution in [2.75, 3.05) is 13.1 Å². The summed E-state index contributed by atoms with van der Waals surface area (Å²) in [7, 11) is 0. The first-order valence-electron chi connectivity index (χ1n) is 9.38. The van der Waals surface area contributed by atoms with Gasteiger partial charge in [0, 0.05) is 31.5 Å². The Morgan fingerprint density at radius 1 is 1.19 bits per heavy atom. The number of carbonyl (C=O) groups is 1. The number of aromatic nitrogens is 3. The highest BCUT2D eigenvalue weighted by molar-refractivity contribution is 5.93. The molecule has 0 N–H and O–H groups in total. The molecule has 140 valence electrons. The lowest BCUT2D eigenvalue weighted by Gasteiger charge is -2.31. The monoisotopic (exact) mass is 368 g/mol. The maximum atomic E-state index is 12.8. The zero-order valence-corrected chi connectivity index (χ0v) is 14.8. The zero-order chi connectivity index (χ0) is 18.2. The van der Waals surface area contributed by atoms with Gasteiger partial charge in [-0.15, -0.1) is 0 Å². The number of rotatable bonds is 5. The minimum atomic E-state index is -0.120. The summed E-state index contributed by atoms with van der Waals surface area (Å²) in [4.78, 5) is 19.1. The first-order chi connectivity index (χ1) is 13.3. The number of likely N-dealkylation sites (tertiary alicyclic amines) is 1. The fraction of sp³-hybridized carbons (Fsp3) is 0.474. The van der Waals surface area contributed by atoms with Crippen LogP contribution in [-0.2, 0) is 6.42 Å². The second kappa shape index (κ2) is 6.68. The second-order valence-corrected chi connectivity index (χ2v) is 7.34. The summed E-state index contributed by atoms with van der Waals surface area (Å²) in [5.74, 6) is 3.20. The van der Waals surface area contributed by atoms with Gasteiger partial charge in [-0.25, -0.2) is 0 Å². The molecule has 1 saturated heterocycles. The maximum Gasteiger partial charge on any atom is 0.276 e. The van der Waals surface area contributed by atoms with Crippen molar-refractivity contribution < 1.29 is 18.3 Å². The van der Waals surface area contributed by atoms with E-state index in [2.05, 4.69) is 15.3 Å². The lowest BCUT2D eigenvalue weighted by atomic mass is 9.94. The molecule has 0 aromatic carbocycles. The van der Waals surface area contributed by atoms with E-state index in [4.69, 9.17) is 13.5 Å². The summed E-state index contributed by atoms with van der Waals surface area (Å²) in [5, 5.41) is 7.99. The van der Waals surface area contributed by atoms with Gasteiger partial charge in [0.15, 0.2) is 17.3 Å². The molecule has 2 aliphatic rings. The molecular formula is C19H20N4O4. The van der Waals surface area contributed by atoms with Crippen LogP contribution in [0.2, 0.25) is 0 Å². The van der Waals surface area contributed by atoms with Crippen molar-refractivity contribution in [3.8, 4) is 11.5 Å². The molecule has 8 nitrogen and oxygen atoms in total. The highest BCUT2D eigenvalue weighted by atomic mass is 16.5.